The van der Waals surface area contributed by atoms with Crippen LogP contribution >= 0.6 is 0 Å². The SMILES string of the molecule is CCOC(=O)c1cccc(NC(=O)CN(c2ccc(CC)cc2)S(=O)(=O)c2ccccc2)c1C. The highest BCUT2D eigenvalue weighted by molar-refractivity contribution is 7.92. The number of ether oxygens (including phenoxy) is 1. The van der Waals surface area contributed by atoms with Crippen molar-refractivity contribution in [3.05, 3.63) is 89.5 Å². The Bertz CT molecular complexity index is 1260. The standard InChI is InChI=1S/C26H28N2O5S/c1-4-20-14-16-21(17-15-20)28(34(31,32)22-10-7-6-8-11-22)18-25(29)27-24-13-9-12-23(19(24)3)26(30)33-5-2/h6-17H,4-5,18H2,1-3H3,(H,27,29). The smallest absolute Gasteiger partial charge is 0.338 e. The van der Waals surface area contributed by atoms with Gasteiger partial charge in [0.1, 0.15) is 6.54 Å². The lowest BCUT2D eigenvalue weighted by Gasteiger charge is -2.24. The molecule has 7 nitrogen and oxygen atoms in total. The molecule has 0 spiro atoms. The van der Waals surface area contributed by atoms with Crippen LogP contribution in [0.25, 0.3) is 0 Å². The van der Waals surface area contributed by atoms with Crippen LogP contribution < -0.4 is 9.62 Å². The predicted octanol–water partition coefficient (Wildman–Crippen LogP) is 4.57. The van der Waals surface area contributed by atoms with Gasteiger partial charge in [-0.3, -0.25) is 9.10 Å². The van der Waals surface area contributed by atoms with Crippen LogP contribution in [0.1, 0.15) is 35.3 Å². The van der Waals surface area contributed by atoms with Crippen molar-refractivity contribution in [1.29, 1.82) is 0 Å². The molecule has 0 aliphatic rings. The third-order valence-corrected chi connectivity index (χ3v) is 7.14. The van der Waals surface area contributed by atoms with Gasteiger partial charge in [-0.25, -0.2) is 13.2 Å². The number of hydrogen-bond acceptors (Lipinski definition) is 5. The molecule has 1 amide bonds. The molecule has 0 aromatic heterocycles. The Kier molecular flexibility index (Phi) is 8.07. The van der Waals surface area contributed by atoms with Crippen LogP contribution in [0, 0.1) is 6.92 Å². The zero-order chi connectivity index (χ0) is 24.7. The number of aryl methyl sites for hydroxylation is 1. The quantitative estimate of drug-likeness (QED) is 0.453. The van der Waals surface area contributed by atoms with Crippen LogP contribution in [0.3, 0.4) is 0 Å². The van der Waals surface area contributed by atoms with Crippen molar-refractivity contribution in [3.8, 4) is 0 Å². The lowest BCUT2D eigenvalue weighted by Crippen LogP contribution is -2.38. The van der Waals surface area contributed by atoms with Gasteiger partial charge in [0.2, 0.25) is 5.91 Å². The number of nitrogens with zero attached hydrogens (tertiary/aromatic N) is 1. The summed E-state index contributed by atoms with van der Waals surface area (Å²) in [7, 11) is -4.00. The number of carbonyl (C=O) groups is 2. The van der Waals surface area contributed by atoms with Crippen molar-refractivity contribution in [2.24, 2.45) is 0 Å². The van der Waals surface area contributed by atoms with Gasteiger partial charge < -0.3 is 10.1 Å². The molecule has 0 fully saturated rings. The average molecular weight is 481 g/mol. The minimum absolute atomic E-state index is 0.0860. The highest BCUT2D eigenvalue weighted by atomic mass is 32.2. The summed E-state index contributed by atoms with van der Waals surface area (Å²) in [5, 5.41) is 2.74. The predicted molar refractivity (Wildman–Crippen MR) is 133 cm³/mol. The molecule has 3 aromatic rings. The van der Waals surface area contributed by atoms with Crippen molar-refractivity contribution in [1.82, 2.24) is 0 Å². The lowest BCUT2D eigenvalue weighted by molar-refractivity contribution is -0.114. The fraction of sp³-hybridized carbons (Fsp3) is 0.231. The number of amides is 1. The summed E-state index contributed by atoms with van der Waals surface area (Å²) in [6.45, 7) is 5.22. The maximum Gasteiger partial charge on any atom is 0.338 e. The molecule has 3 aromatic carbocycles. The Balaban J connectivity index is 1.92. The van der Waals surface area contributed by atoms with Gasteiger partial charge in [0.25, 0.3) is 10.0 Å². The first-order valence-corrected chi connectivity index (χ1v) is 12.4. The molecule has 0 heterocycles. The maximum atomic E-state index is 13.4. The molecule has 34 heavy (non-hydrogen) atoms. The number of hydrogen-bond donors (Lipinski definition) is 1. The van der Waals surface area contributed by atoms with E-state index in [9.17, 15) is 18.0 Å². The van der Waals surface area contributed by atoms with Gasteiger partial charge in [0.05, 0.1) is 22.8 Å². The second-order valence-electron chi connectivity index (χ2n) is 7.59. The highest BCUT2D eigenvalue weighted by Gasteiger charge is 2.27. The summed E-state index contributed by atoms with van der Waals surface area (Å²) >= 11 is 0. The topological polar surface area (TPSA) is 92.8 Å². The van der Waals surface area contributed by atoms with Crippen molar-refractivity contribution in [2.45, 2.75) is 32.1 Å². The zero-order valence-electron chi connectivity index (χ0n) is 19.4. The van der Waals surface area contributed by atoms with E-state index in [1.165, 1.54) is 12.1 Å². The van der Waals surface area contributed by atoms with Gasteiger partial charge >= 0.3 is 5.97 Å². The molecule has 0 saturated heterocycles. The normalized spacial score (nSPS) is 11.0. The lowest BCUT2D eigenvalue weighted by atomic mass is 10.1. The summed E-state index contributed by atoms with van der Waals surface area (Å²) in [4.78, 5) is 25.3. The minimum Gasteiger partial charge on any atom is -0.462 e. The van der Waals surface area contributed by atoms with Gasteiger partial charge in [-0.1, -0.05) is 43.3 Å². The molecule has 0 bridgehead atoms. The van der Waals surface area contributed by atoms with E-state index in [2.05, 4.69) is 5.32 Å². The van der Waals surface area contributed by atoms with E-state index in [0.29, 0.717) is 22.5 Å². The second-order valence-corrected chi connectivity index (χ2v) is 9.45. The first kappa shape index (κ1) is 25.0. The fourth-order valence-corrected chi connectivity index (χ4v) is 4.90. The molecule has 1 N–H and O–H groups in total. The minimum atomic E-state index is -4.00. The number of sulfonamides is 1. The Morgan fingerprint density at radius 3 is 2.21 bits per heavy atom. The van der Waals surface area contributed by atoms with Gasteiger partial charge in [-0.05, 0) is 67.8 Å². The Hall–Kier alpha value is -3.65. The molecule has 0 unspecified atom stereocenters. The van der Waals surface area contributed by atoms with Crippen molar-refractivity contribution >= 4 is 33.3 Å². The summed E-state index contributed by atoms with van der Waals surface area (Å²) < 4.78 is 33.0. The van der Waals surface area contributed by atoms with Crippen molar-refractivity contribution in [2.75, 3.05) is 22.8 Å². The molecule has 0 saturated carbocycles. The summed E-state index contributed by atoms with van der Waals surface area (Å²) in [5.41, 5.74) is 2.72. The second kappa shape index (κ2) is 11.0. The van der Waals surface area contributed by atoms with Crippen LogP contribution in [0.4, 0.5) is 11.4 Å². The van der Waals surface area contributed by atoms with Crippen LogP contribution in [-0.4, -0.2) is 33.4 Å². The number of rotatable bonds is 9. The number of benzene rings is 3. The van der Waals surface area contributed by atoms with E-state index in [1.54, 1.807) is 62.4 Å². The molecule has 0 atom stereocenters. The molecular weight excluding hydrogens is 452 g/mol. The Morgan fingerprint density at radius 2 is 1.59 bits per heavy atom. The van der Waals surface area contributed by atoms with E-state index in [-0.39, 0.29) is 11.5 Å². The molecular formula is C26H28N2O5S. The molecule has 3 rings (SSSR count). The number of nitrogens with one attached hydrogen (secondary N) is 1. The van der Waals surface area contributed by atoms with Crippen LogP contribution in [0.5, 0.6) is 0 Å². The third kappa shape index (κ3) is 5.63. The maximum absolute atomic E-state index is 13.4. The van der Waals surface area contributed by atoms with Crippen LogP contribution in [-0.2, 0) is 26.0 Å². The van der Waals surface area contributed by atoms with E-state index in [0.717, 1.165) is 16.3 Å². The monoisotopic (exact) mass is 480 g/mol. The average Bonchev–Trinajstić information content (AvgIpc) is 2.84. The van der Waals surface area contributed by atoms with Gasteiger partial charge in [-0.15, -0.1) is 0 Å². The van der Waals surface area contributed by atoms with Gasteiger partial charge in [-0.2, -0.15) is 0 Å². The van der Waals surface area contributed by atoms with Crippen molar-refractivity contribution < 1.29 is 22.7 Å². The fourth-order valence-electron chi connectivity index (χ4n) is 3.45. The van der Waals surface area contributed by atoms with E-state index in [4.69, 9.17) is 4.74 Å². The van der Waals surface area contributed by atoms with E-state index >= 15 is 0 Å². The number of anilines is 2. The first-order chi connectivity index (χ1) is 16.3. The van der Waals surface area contributed by atoms with E-state index < -0.39 is 28.4 Å². The van der Waals surface area contributed by atoms with Gasteiger partial charge in [0, 0.05) is 5.69 Å². The molecule has 0 radical (unpaired) electrons. The summed E-state index contributed by atoms with van der Waals surface area (Å²) in [6, 6.07) is 20.0. The molecule has 178 valence electrons. The largest absolute Gasteiger partial charge is 0.462 e. The zero-order valence-corrected chi connectivity index (χ0v) is 20.3. The van der Waals surface area contributed by atoms with E-state index in [1.807, 2.05) is 19.1 Å². The molecule has 8 heteroatoms. The van der Waals surface area contributed by atoms with Crippen LogP contribution in [0.2, 0.25) is 0 Å². The number of esters is 1. The summed E-state index contributed by atoms with van der Waals surface area (Å²) in [6.07, 6.45) is 0.808. The van der Waals surface area contributed by atoms with Crippen molar-refractivity contribution in [3.63, 3.8) is 0 Å². The first-order valence-electron chi connectivity index (χ1n) is 11.0. The van der Waals surface area contributed by atoms with Crippen LogP contribution in [0.15, 0.2) is 77.7 Å². The highest BCUT2D eigenvalue weighted by Crippen LogP contribution is 2.25. The molecule has 0 aliphatic heterocycles. The molecule has 0 aliphatic carbocycles. The van der Waals surface area contributed by atoms with Gasteiger partial charge in [0.15, 0.2) is 0 Å². The number of carbonyl (C=O) groups excluding carboxylic acids is 2. The summed E-state index contributed by atoms with van der Waals surface area (Å²) in [5.74, 6) is -1.02. The third-order valence-electron chi connectivity index (χ3n) is 5.35. The Morgan fingerprint density at radius 1 is 0.912 bits per heavy atom. The Labute approximate surface area is 200 Å².